The van der Waals surface area contributed by atoms with E-state index in [0.29, 0.717) is 10.8 Å². The third kappa shape index (κ3) is 3.57. The van der Waals surface area contributed by atoms with Crippen molar-refractivity contribution in [2.24, 2.45) is 0 Å². The van der Waals surface area contributed by atoms with Crippen molar-refractivity contribution < 1.29 is 4.74 Å². The van der Waals surface area contributed by atoms with Gasteiger partial charge in [-0.3, -0.25) is 4.98 Å². The summed E-state index contributed by atoms with van der Waals surface area (Å²) in [6.07, 6.45) is 6.39. The first kappa shape index (κ1) is 18.8. The molecule has 7 nitrogen and oxygen atoms in total. The molecule has 1 fully saturated rings. The second kappa shape index (κ2) is 7.91. The standard InChI is InChI=1S/C22H21ClN6O/c1-2-29-22-19(13-25-29)21(26-20(27-22)15-4-3-10-24-12-15)28-11-9-18(14-28)30-17-7-5-16(23)6-8-17/h3-8,10,12-13,18H,2,9,11,14H2,1H3. The first-order valence-electron chi connectivity index (χ1n) is 10.0. The Morgan fingerprint density at radius 3 is 2.77 bits per heavy atom. The molecule has 0 saturated carbocycles. The van der Waals surface area contributed by atoms with Gasteiger partial charge in [0.15, 0.2) is 11.5 Å². The van der Waals surface area contributed by atoms with E-state index in [4.69, 9.17) is 26.3 Å². The summed E-state index contributed by atoms with van der Waals surface area (Å²) in [5.74, 6) is 2.37. The van der Waals surface area contributed by atoms with Crippen LogP contribution in [0.4, 0.5) is 5.82 Å². The van der Waals surface area contributed by atoms with Gasteiger partial charge >= 0.3 is 0 Å². The lowest BCUT2D eigenvalue weighted by atomic mass is 10.2. The van der Waals surface area contributed by atoms with Crippen LogP contribution in [0, 0.1) is 0 Å². The molecule has 0 amide bonds. The van der Waals surface area contributed by atoms with Crippen molar-refractivity contribution in [1.82, 2.24) is 24.7 Å². The minimum atomic E-state index is 0.0826. The molecule has 30 heavy (non-hydrogen) atoms. The van der Waals surface area contributed by atoms with Crippen LogP contribution in [0.15, 0.2) is 55.0 Å². The molecule has 8 heteroatoms. The van der Waals surface area contributed by atoms with E-state index < -0.39 is 0 Å². The molecule has 1 aliphatic rings. The Labute approximate surface area is 179 Å². The van der Waals surface area contributed by atoms with Crippen molar-refractivity contribution in [2.75, 3.05) is 18.0 Å². The predicted octanol–water partition coefficient (Wildman–Crippen LogP) is 4.22. The summed E-state index contributed by atoms with van der Waals surface area (Å²) in [5, 5.41) is 6.16. The van der Waals surface area contributed by atoms with Gasteiger partial charge in [-0.2, -0.15) is 5.10 Å². The number of ether oxygens (including phenoxy) is 1. The van der Waals surface area contributed by atoms with Crippen LogP contribution >= 0.6 is 11.6 Å². The zero-order chi connectivity index (χ0) is 20.5. The van der Waals surface area contributed by atoms with Crippen molar-refractivity contribution in [1.29, 1.82) is 0 Å². The van der Waals surface area contributed by atoms with Crippen molar-refractivity contribution in [3.8, 4) is 17.1 Å². The molecule has 1 unspecified atom stereocenters. The first-order valence-corrected chi connectivity index (χ1v) is 10.4. The topological polar surface area (TPSA) is 69.0 Å². The van der Waals surface area contributed by atoms with Crippen LogP contribution < -0.4 is 9.64 Å². The Hall–Kier alpha value is -3.19. The summed E-state index contributed by atoms with van der Waals surface area (Å²) in [5.41, 5.74) is 1.72. The molecule has 0 spiro atoms. The van der Waals surface area contributed by atoms with Gasteiger partial charge in [-0.05, 0) is 43.3 Å². The quantitative estimate of drug-likeness (QED) is 0.481. The summed E-state index contributed by atoms with van der Waals surface area (Å²) in [6.45, 7) is 4.41. The van der Waals surface area contributed by atoms with Gasteiger partial charge in [0, 0.05) is 42.5 Å². The molecule has 1 aliphatic heterocycles. The number of hydrogen-bond acceptors (Lipinski definition) is 6. The number of anilines is 1. The Morgan fingerprint density at radius 2 is 2.00 bits per heavy atom. The van der Waals surface area contributed by atoms with Crippen LogP contribution in [0.1, 0.15) is 13.3 Å². The highest BCUT2D eigenvalue weighted by molar-refractivity contribution is 6.30. The van der Waals surface area contributed by atoms with E-state index >= 15 is 0 Å². The number of aryl methyl sites for hydroxylation is 1. The molecule has 3 aromatic heterocycles. The Balaban J connectivity index is 1.47. The summed E-state index contributed by atoms with van der Waals surface area (Å²) in [4.78, 5) is 16.2. The SMILES string of the molecule is CCn1ncc2c(N3CCC(Oc4ccc(Cl)cc4)C3)nc(-c3cccnc3)nc21. The third-order valence-electron chi connectivity index (χ3n) is 5.26. The molecule has 0 aliphatic carbocycles. The minimum absolute atomic E-state index is 0.0826. The van der Waals surface area contributed by atoms with Gasteiger partial charge in [0.05, 0.1) is 18.1 Å². The van der Waals surface area contributed by atoms with Crippen molar-refractivity contribution in [3.05, 3.63) is 60.0 Å². The van der Waals surface area contributed by atoms with Crippen LogP contribution in [0.3, 0.4) is 0 Å². The summed E-state index contributed by atoms with van der Waals surface area (Å²) in [7, 11) is 0. The number of pyridine rings is 1. The molecule has 0 radical (unpaired) electrons. The molecule has 0 bridgehead atoms. The van der Waals surface area contributed by atoms with Gasteiger partial charge in [0.25, 0.3) is 0 Å². The van der Waals surface area contributed by atoms with Gasteiger partial charge in [-0.25, -0.2) is 14.6 Å². The average molecular weight is 421 g/mol. The fourth-order valence-corrected chi connectivity index (χ4v) is 3.89. The van der Waals surface area contributed by atoms with Crippen LogP contribution in [-0.4, -0.2) is 43.9 Å². The molecule has 5 rings (SSSR count). The zero-order valence-electron chi connectivity index (χ0n) is 16.6. The maximum absolute atomic E-state index is 6.16. The molecule has 4 heterocycles. The lowest BCUT2D eigenvalue weighted by Gasteiger charge is -2.19. The van der Waals surface area contributed by atoms with Gasteiger partial charge in [-0.15, -0.1) is 0 Å². The van der Waals surface area contributed by atoms with Gasteiger partial charge in [-0.1, -0.05) is 11.6 Å². The molecular weight excluding hydrogens is 400 g/mol. The molecule has 0 N–H and O–H groups in total. The molecule has 1 saturated heterocycles. The number of rotatable bonds is 5. The summed E-state index contributed by atoms with van der Waals surface area (Å²) >= 11 is 5.98. The van der Waals surface area contributed by atoms with Gasteiger partial charge in [0.1, 0.15) is 17.7 Å². The van der Waals surface area contributed by atoms with Gasteiger partial charge in [0.2, 0.25) is 0 Å². The lowest BCUT2D eigenvalue weighted by molar-refractivity contribution is 0.225. The van der Waals surface area contributed by atoms with Crippen LogP contribution in [0.25, 0.3) is 22.4 Å². The Kier molecular flexibility index (Phi) is 4.96. The van der Waals surface area contributed by atoms with E-state index in [1.54, 1.807) is 12.4 Å². The number of benzene rings is 1. The minimum Gasteiger partial charge on any atom is -0.489 e. The number of fused-ring (bicyclic) bond motifs is 1. The fraction of sp³-hybridized carbons (Fsp3) is 0.273. The summed E-state index contributed by atoms with van der Waals surface area (Å²) in [6, 6.07) is 11.4. The zero-order valence-corrected chi connectivity index (χ0v) is 17.3. The highest BCUT2D eigenvalue weighted by Gasteiger charge is 2.28. The van der Waals surface area contributed by atoms with E-state index in [9.17, 15) is 0 Å². The maximum atomic E-state index is 6.16. The summed E-state index contributed by atoms with van der Waals surface area (Å²) < 4.78 is 8.06. The van der Waals surface area contributed by atoms with Crippen LogP contribution in [0.5, 0.6) is 5.75 Å². The number of hydrogen-bond donors (Lipinski definition) is 0. The number of nitrogens with zero attached hydrogens (tertiary/aromatic N) is 6. The largest absolute Gasteiger partial charge is 0.489 e. The van der Waals surface area contributed by atoms with Crippen LogP contribution in [-0.2, 0) is 6.54 Å². The van der Waals surface area contributed by atoms with Crippen LogP contribution in [0.2, 0.25) is 5.02 Å². The molecule has 1 atom stereocenters. The first-order chi connectivity index (χ1) is 14.7. The maximum Gasteiger partial charge on any atom is 0.165 e. The number of halogens is 1. The number of aromatic nitrogens is 5. The molecular formula is C22H21ClN6O. The highest BCUT2D eigenvalue weighted by Crippen LogP contribution is 2.30. The van der Waals surface area contributed by atoms with Crippen molar-refractivity contribution in [3.63, 3.8) is 0 Å². The predicted molar refractivity (Wildman–Crippen MR) is 117 cm³/mol. The second-order valence-corrected chi connectivity index (χ2v) is 7.68. The van der Waals surface area contributed by atoms with Crippen molar-refractivity contribution >= 4 is 28.5 Å². The molecule has 1 aromatic carbocycles. The highest BCUT2D eigenvalue weighted by atomic mass is 35.5. The lowest BCUT2D eigenvalue weighted by Crippen LogP contribution is -2.25. The normalized spacial score (nSPS) is 16.3. The molecule has 4 aromatic rings. The van der Waals surface area contributed by atoms with E-state index in [0.717, 1.165) is 54.2 Å². The third-order valence-corrected chi connectivity index (χ3v) is 5.51. The van der Waals surface area contributed by atoms with E-state index in [1.165, 1.54) is 0 Å². The fourth-order valence-electron chi connectivity index (χ4n) is 3.76. The van der Waals surface area contributed by atoms with E-state index in [-0.39, 0.29) is 6.10 Å². The average Bonchev–Trinajstić information content (AvgIpc) is 3.42. The Bertz CT molecular complexity index is 1160. The molecule has 152 valence electrons. The second-order valence-electron chi connectivity index (χ2n) is 7.24. The Morgan fingerprint density at radius 1 is 1.13 bits per heavy atom. The monoisotopic (exact) mass is 420 g/mol. The van der Waals surface area contributed by atoms with E-state index in [1.807, 2.05) is 47.3 Å². The van der Waals surface area contributed by atoms with Crippen molar-refractivity contribution in [2.45, 2.75) is 26.0 Å². The van der Waals surface area contributed by atoms with E-state index in [2.05, 4.69) is 21.9 Å². The smallest absolute Gasteiger partial charge is 0.165 e. The van der Waals surface area contributed by atoms with Gasteiger partial charge < -0.3 is 9.64 Å².